The summed E-state index contributed by atoms with van der Waals surface area (Å²) in [5.74, 6) is 0.259. The second-order valence-corrected chi connectivity index (χ2v) is 19.1. The number of methoxy groups -OCH3 is 1. The molecule has 0 saturated carbocycles. The minimum absolute atomic E-state index is 0.0533. The Labute approximate surface area is 289 Å². The van der Waals surface area contributed by atoms with E-state index >= 15 is 0 Å². The summed E-state index contributed by atoms with van der Waals surface area (Å²) in [4.78, 5) is 47.0. The Morgan fingerprint density at radius 3 is 2.47 bits per heavy atom. The molecule has 4 aliphatic heterocycles. The van der Waals surface area contributed by atoms with Crippen LogP contribution in [0.5, 0.6) is 5.75 Å². The second kappa shape index (κ2) is 12.6. The molecular formula is C39H45N3O6Si. The number of ether oxygens (including phenoxy) is 2. The highest BCUT2D eigenvalue weighted by Gasteiger charge is 2.66. The van der Waals surface area contributed by atoms with Crippen molar-refractivity contribution >= 4 is 42.4 Å². The third-order valence-electron chi connectivity index (χ3n) is 11.6. The standard InChI is InChI=1S/C39H45N3O6Si/c1-6-18-41-33-16-11-28(40-19-17-35(40)44)21-32(33)39(38(41)46)25(2)37(49(4,5)31-14-12-30(47-3)13-15-31)34(48-39)22-36(45)42-23-27-10-8-7-9-26(27)20-29(42)24-43/h6-16,21,25,29,34,37,43H,1,17-20,22-24H2,2-5H3/t25-,29-,34+,37-,39+/m0/s1. The Kier molecular flexibility index (Phi) is 8.53. The van der Waals surface area contributed by atoms with Crippen LogP contribution in [0.4, 0.5) is 11.4 Å². The number of carbonyl (C=O) groups is 3. The number of carbonyl (C=O) groups excluding carboxylic acids is 3. The lowest BCUT2D eigenvalue weighted by atomic mass is 9.82. The van der Waals surface area contributed by atoms with Gasteiger partial charge in [-0.2, -0.15) is 0 Å². The topological polar surface area (TPSA) is 99.6 Å². The Hall–Kier alpha value is -4.25. The fourth-order valence-electron chi connectivity index (χ4n) is 8.90. The zero-order valence-corrected chi connectivity index (χ0v) is 29.7. The molecule has 3 amide bonds. The smallest absolute Gasteiger partial charge is 0.264 e. The molecule has 1 N–H and O–H groups in total. The number of rotatable bonds is 9. The Morgan fingerprint density at radius 2 is 1.84 bits per heavy atom. The highest BCUT2D eigenvalue weighted by Crippen LogP contribution is 2.60. The molecule has 1 spiro atoms. The number of fused-ring (bicyclic) bond motifs is 3. The lowest BCUT2D eigenvalue weighted by Gasteiger charge is -2.39. The molecule has 2 fully saturated rings. The van der Waals surface area contributed by atoms with Crippen LogP contribution in [0.25, 0.3) is 0 Å². The summed E-state index contributed by atoms with van der Waals surface area (Å²) >= 11 is 0. The lowest BCUT2D eigenvalue weighted by Crippen LogP contribution is -2.52. The average molecular weight is 680 g/mol. The van der Waals surface area contributed by atoms with Crippen molar-refractivity contribution in [3.63, 3.8) is 0 Å². The third-order valence-corrected chi connectivity index (χ3v) is 15.9. The van der Waals surface area contributed by atoms with E-state index in [9.17, 15) is 19.5 Å². The largest absolute Gasteiger partial charge is 0.497 e. The first-order chi connectivity index (χ1) is 23.5. The van der Waals surface area contributed by atoms with Gasteiger partial charge in [-0.3, -0.25) is 14.4 Å². The first kappa shape index (κ1) is 33.3. The van der Waals surface area contributed by atoms with E-state index in [1.807, 2.05) is 48.5 Å². The van der Waals surface area contributed by atoms with Gasteiger partial charge in [0.25, 0.3) is 5.91 Å². The van der Waals surface area contributed by atoms with E-state index in [4.69, 9.17) is 9.47 Å². The minimum Gasteiger partial charge on any atom is -0.497 e. The molecule has 3 aromatic rings. The van der Waals surface area contributed by atoms with E-state index in [0.29, 0.717) is 32.5 Å². The van der Waals surface area contributed by atoms with Gasteiger partial charge in [-0.15, -0.1) is 6.58 Å². The van der Waals surface area contributed by atoms with Gasteiger partial charge in [-0.1, -0.05) is 67.7 Å². The van der Waals surface area contributed by atoms with Crippen molar-refractivity contribution in [2.75, 3.05) is 36.6 Å². The van der Waals surface area contributed by atoms with Crippen LogP contribution in [0.15, 0.2) is 79.4 Å². The summed E-state index contributed by atoms with van der Waals surface area (Å²) < 4.78 is 12.7. The third kappa shape index (κ3) is 5.23. The van der Waals surface area contributed by atoms with Gasteiger partial charge in [0.05, 0.1) is 46.0 Å². The first-order valence-corrected chi connectivity index (χ1v) is 20.3. The molecule has 4 aliphatic rings. The van der Waals surface area contributed by atoms with Gasteiger partial charge in [-0.05, 0) is 53.4 Å². The zero-order chi connectivity index (χ0) is 34.7. The first-order valence-electron chi connectivity index (χ1n) is 17.2. The predicted octanol–water partition coefficient (Wildman–Crippen LogP) is 4.52. The van der Waals surface area contributed by atoms with Crippen molar-refractivity contribution in [1.29, 1.82) is 0 Å². The monoisotopic (exact) mass is 679 g/mol. The quantitative estimate of drug-likeness (QED) is 0.203. The molecule has 0 radical (unpaired) electrons. The summed E-state index contributed by atoms with van der Waals surface area (Å²) in [6.45, 7) is 11.8. The number of aliphatic hydroxyl groups excluding tert-OH is 1. The van der Waals surface area contributed by atoms with Crippen LogP contribution in [0.2, 0.25) is 18.6 Å². The number of aliphatic hydroxyl groups is 1. The van der Waals surface area contributed by atoms with E-state index in [1.54, 1.807) is 27.9 Å². The van der Waals surface area contributed by atoms with Crippen LogP contribution in [-0.2, 0) is 37.7 Å². The number of anilines is 2. The molecule has 4 heterocycles. The fraction of sp³-hybridized carbons (Fsp3) is 0.410. The van der Waals surface area contributed by atoms with Gasteiger partial charge >= 0.3 is 0 Å². The van der Waals surface area contributed by atoms with Crippen LogP contribution in [-0.4, -0.2) is 74.8 Å². The molecule has 0 aliphatic carbocycles. The molecule has 49 heavy (non-hydrogen) atoms. The maximum atomic E-state index is 14.8. The van der Waals surface area contributed by atoms with Crippen molar-refractivity contribution in [3.8, 4) is 5.75 Å². The SMILES string of the molecule is C=CCN1C(=O)[C@]2(O[C@H](CC(=O)N3Cc4ccccc4C[C@H]3CO)[C@@H]([Si](C)(C)c3ccc(OC)cc3)[C@@H]2C)c2cc(N3CCC3=O)ccc21. The molecule has 0 unspecified atom stereocenters. The van der Waals surface area contributed by atoms with Crippen LogP contribution in [0.1, 0.15) is 36.5 Å². The van der Waals surface area contributed by atoms with E-state index in [0.717, 1.165) is 33.8 Å². The molecule has 2 saturated heterocycles. The second-order valence-electron chi connectivity index (χ2n) is 14.4. The van der Waals surface area contributed by atoms with Gasteiger partial charge in [0, 0.05) is 43.2 Å². The molecule has 5 atom stereocenters. The summed E-state index contributed by atoms with van der Waals surface area (Å²) in [5.41, 5.74) is 2.98. The molecule has 3 aromatic carbocycles. The Balaban J connectivity index is 1.32. The Bertz CT molecular complexity index is 1810. The van der Waals surface area contributed by atoms with Crippen LogP contribution >= 0.6 is 0 Å². The van der Waals surface area contributed by atoms with E-state index < -0.39 is 19.8 Å². The predicted molar refractivity (Wildman–Crippen MR) is 192 cm³/mol. The molecule has 0 bridgehead atoms. The molecule has 256 valence electrons. The van der Waals surface area contributed by atoms with Gasteiger partial charge in [0.15, 0.2) is 5.60 Å². The number of β-lactam (4-membered cyclic amide) rings is 1. The van der Waals surface area contributed by atoms with Crippen LogP contribution < -0.4 is 19.7 Å². The number of hydrogen-bond donors (Lipinski definition) is 1. The molecule has 0 aromatic heterocycles. The van der Waals surface area contributed by atoms with E-state index in [2.05, 4.69) is 44.8 Å². The van der Waals surface area contributed by atoms with Crippen molar-refractivity contribution in [1.82, 2.24) is 4.90 Å². The molecule has 9 nitrogen and oxygen atoms in total. The number of nitrogens with zero attached hydrogens (tertiary/aromatic N) is 3. The summed E-state index contributed by atoms with van der Waals surface area (Å²) in [7, 11) is -0.843. The molecule has 10 heteroatoms. The van der Waals surface area contributed by atoms with Gasteiger partial charge in [-0.25, -0.2) is 0 Å². The Morgan fingerprint density at radius 1 is 1.10 bits per heavy atom. The summed E-state index contributed by atoms with van der Waals surface area (Å²) in [6, 6.07) is 21.6. The van der Waals surface area contributed by atoms with Crippen molar-refractivity contribution in [3.05, 3.63) is 96.1 Å². The fourth-order valence-corrected chi connectivity index (χ4v) is 12.9. The number of benzene rings is 3. The normalized spacial score (nSPS) is 26.1. The average Bonchev–Trinajstić information content (AvgIpc) is 3.53. The van der Waals surface area contributed by atoms with Crippen LogP contribution in [0, 0.1) is 5.92 Å². The van der Waals surface area contributed by atoms with E-state index in [-0.39, 0.29) is 48.3 Å². The lowest BCUT2D eigenvalue weighted by molar-refractivity contribution is -0.150. The molecular weight excluding hydrogens is 635 g/mol. The summed E-state index contributed by atoms with van der Waals surface area (Å²) in [5, 5.41) is 11.6. The van der Waals surface area contributed by atoms with E-state index in [1.165, 1.54) is 5.19 Å². The maximum absolute atomic E-state index is 14.8. The highest BCUT2D eigenvalue weighted by atomic mass is 28.3. The molecule has 7 rings (SSSR count). The zero-order valence-electron chi connectivity index (χ0n) is 28.7. The minimum atomic E-state index is -2.49. The van der Waals surface area contributed by atoms with Crippen LogP contribution in [0.3, 0.4) is 0 Å². The number of amides is 3. The van der Waals surface area contributed by atoms with Gasteiger partial charge < -0.3 is 29.3 Å². The van der Waals surface area contributed by atoms with Crippen molar-refractivity contribution in [2.24, 2.45) is 5.92 Å². The van der Waals surface area contributed by atoms with Crippen molar-refractivity contribution < 1.29 is 29.0 Å². The van der Waals surface area contributed by atoms with Gasteiger partial charge in [0.2, 0.25) is 11.8 Å². The van der Waals surface area contributed by atoms with Gasteiger partial charge in [0.1, 0.15) is 5.75 Å². The van der Waals surface area contributed by atoms with Crippen molar-refractivity contribution in [2.45, 2.75) is 69.1 Å². The maximum Gasteiger partial charge on any atom is 0.264 e. The summed E-state index contributed by atoms with van der Waals surface area (Å²) in [6.07, 6.45) is 2.31. The highest BCUT2D eigenvalue weighted by molar-refractivity contribution is 6.91. The number of hydrogen-bond acceptors (Lipinski definition) is 6.